The van der Waals surface area contributed by atoms with Crippen LogP contribution in [0.3, 0.4) is 0 Å². The largest absolute Gasteiger partial charge is 0.468 e. The number of nitrogens with zero attached hydrogens (tertiary/aromatic N) is 3. The number of amides is 3. The quantitative estimate of drug-likeness (QED) is 0.553. The molecular weight excluding hydrogens is 358 g/mol. The second-order valence-corrected chi connectivity index (χ2v) is 7.65. The van der Waals surface area contributed by atoms with Crippen molar-refractivity contribution in [2.45, 2.75) is 51.2 Å². The summed E-state index contributed by atoms with van der Waals surface area (Å²) in [5.74, 6) is -0.863. The Morgan fingerprint density at radius 3 is 2.39 bits per heavy atom. The SMILES string of the molecule is CC[C@@H](C)N1CCC2(CC1)C(=O)N(CC(=O)OC)C(=O)N2Cc1ccccc1. The van der Waals surface area contributed by atoms with Gasteiger partial charge < -0.3 is 14.5 Å². The van der Waals surface area contributed by atoms with Crippen molar-refractivity contribution in [3.63, 3.8) is 0 Å². The minimum absolute atomic E-state index is 0.275. The van der Waals surface area contributed by atoms with Gasteiger partial charge in [-0.25, -0.2) is 4.79 Å². The Kier molecular flexibility index (Phi) is 6.03. The monoisotopic (exact) mass is 387 g/mol. The Balaban J connectivity index is 1.88. The second-order valence-electron chi connectivity index (χ2n) is 7.65. The first-order valence-corrected chi connectivity index (χ1v) is 9.91. The van der Waals surface area contributed by atoms with E-state index in [9.17, 15) is 14.4 Å². The molecule has 0 radical (unpaired) electrons. The molecule has 0 unspecified atom stereocenters. The number of methoxy groups -OCH3 is 1. The lowest BCUT2D eigenvalue weighted by Crippen LogP contribution is -2.57. The van der Waals surface area contributed by atoms with Crippen molar-refractivity contribution in [2.75, 3.05) is 26.7 Å². The summed E-state index contributed by atoms with van der Waals surface area (Å²) < 4.78 is 4.69. The van der Waals surface area contributed by atoms with Gasteiger partial charge in [-0.1, -0.05) is 37.3 Å². The van der Waals surface area contributed by atoms with Gasteiger partial charge in [0.25, 0.3) is 5.91 Å². The van der Waals surface area contributed by atoms with Gasteiger partial charge >= 0.3 is 12.0 Å². The van der Waals surface area contributed by atoms with E-state index in [1.807, 2.05) is 30.3 Å². The van der Waals surface area contributed by atoms with Gasteiger partial charge in [0, 0.05) is 25.7 Å². The number of hydrogen-bond donors (Lipinski definition) is 0. The number of likely N-dealkylation sites (tertiary alicyclic amines) is 1. The molecule has 152 valence electrons. The van der Waals surface area contributed by atoms with Crippen LogP contribution in [0.25, 0.3) is 0 Å². The molecule has 1 spiro atoms. The van der Waals surface area contributed by atoms with E-state index in [4.69, 9.17) is 0 Å². The minimum Gasteiger partial charge on any atom is -0.468 e. The zero-order valence-corrected chi connectivity index (χ0v) is 16.9. The van der Waals surface area contributed by atoms with Crippen molar-refractivity contribution in [3.8, 4) is 0 Å². The summed E-state index contributed by atoms with van der Waals surface area (Å²) in [6.07, 6.45) is 2.20. The first kappa shape index (κ1) is 20.3. The number of piperidine rings is 1. The summed E-state index contributed by atoms with van der Waals surface area (Å²) in [7, 11) is 1.26. The summed E-state index contributed by atoms with van der Waals surface area (Å²) >= 11 is 0. The molecule has 28 heavy (non-hydrogen) atoms. The maximum absolute atomic E-state index is 13.3. The Labute approximate surface area is 166 Å². The van der Waals surface area contributed by atoms with Crippen LogP contribution in [0.2, 0.25) is 0 Å². The molecule has 2 fully saturated rings. The van der Waals surface area contributed by atoms with E-state index in [2.05, 4.69) is 23.5 Å². The zero-order chi connectivity index (χ0) is 20.3. The summed E-state index contributed by atoms with van der Waals surface area (Å²) in [4.78, 5) is 43.3. The molecule has 0 saturated carbocycles. The topological polar surface area (TPSA) is 70.2 Å². The average molecular weight is 387 g/mol. The Morgan fingerprint density at radius 2 is 1.82 bits per heavy atom. The molecule has 1 aromatic rings. The van der Waals surface area contributed by atoms with E-state index in [0.29, 0.717) is 25.4 Å². The molecular formula is C21H29N3O4. The molecule has 3 amide bonds. The summed E-state index contributed by atoms with van der Waals surface area (Å²) in [5, 5.41) is 0. The first-order chi connectivity index (χ1) is 13.4. The van der Waals surface area contributed by atoms with Crippen LogP contribution < -0.4 is 0 Å². The third kappa shape index (κ3) is 3.63. The highest BCUT2D eigenvalue weighted by Crippen LogP contribution is 2.39. The first-order valence-electron chi connectivity index (χ1n) is 9.91. The van der Waals surface area contributed by atoms with Gasteiger partial charge in [0.2, 0.25) is 0 Å². The van der Waals surface area contributed by atoms with Gasteiger partial charge in [-0.3, -0.25) is 14.5 Å². The summed E-state index contributed by atoms with van der Waals surface area (Å²) in [6.45, 7) is 5.86. The van der Waals surface area contributed by atoms with E-state index >= 15 is 0 Å². The molecule has 1 aromatic carbocycles. The summed E-state index contributed by atoms with van der Waals surface area (Å²) in [6, 6.07) is 9.69. The van der Waals surface area contributed by atoms with E-state index in [0.717, 1.165) is 30.0 Å². The van der Waals surface area contributed by atoms with E-state index in [1.54, 1.807) is 4.90 Å². The number of imide groups is 1. The predicted molar refractivity (Wildman–Crippen MR) is 104 cm³/mol. The van der Waals surface area contributed by atoms with Crippen LogP contribution in [0.4, 0.5) is 4.79 Å². The fourth-order valence-electron chi connectivity index (χ4n) is 4.18. The van der Waals surface area contributed by atoms with Crippen LogP contribution in [0.15, 0.2) is 30.3 Å². The number of ether oxygens (including phenoxy) is 1. The number of urea groups is 1. The van der Waals surface area contributed by atoms with E-state index < -0.39 is 17.5 Å². The lowest BCUT2D eigenvalue weighted by atomic mass is 9.85. The molecule has 7 nitrogen and oxygen atoms in total. The minimum atomic E-state index is -0.884. The molecule has 3 rings (SSSR count). The fourth-order valence-corrected chi connectivity index (χ4v) is 4.18. The van der Waals surface area contributed by atoms with Gasteiger partial charge in [-0.2, -0.15) is 0 Å². The van der Waals surface area contributed by atoms with Crippen LogP contribution in [0.1, 0.15) is 38.7 Å². The Hall–Kier alpha value is -2.41. The fraction of sp³-hybridized carbons (Fsp3) is 0.571. The van der Waals surface area contributed by atoms with Gasteiger partial charge in [-0.05, 0) is 31.7 Å². The van der Waals surface area contributed by atoms with Crippen LogP contribution in [-0.4, -0.2) is 70.9 Å². The highest BCUT2D eigenvalue weighted by Gasteiger charge is 2.58. The molecule has 2 heterocycles. The van der Waals surface area contributed by atoms with E-state index in [-0.39, 0.29) is 12.5 Å². The molecule has 2 aliphatic rings. The second kappa shape index (κ2) is 8.31. The van der Waals surface area contributed by atoms with Crippen molar-refractivity contribution in [1.29, 1.82) is 0 Å². The number of benzene rings is 1. The van der Waals surface area contributed by atoms with Gasteiger partial charge in [0.1, 0.15) is 12.1 Å². The van der Waals surface area contributed by atoms with Crippen LogP contribution >= 0.6 is 0 Å². The molecule has 2 saturated heterocycles. The molecule has 0 N–H and O–H groups in total. The third-order valence-electron chi connectivity index (χ3n) is 6.16. The summed E-state index contributed by atoms with van der Waals surface area (Å²) in [5.41, 5.74) is 0.0811. The highest BCUT2D eigenvalue weighted by atomic mass is 16.5. The predicted octanol–water partition coefficient (Wildman–Crippen LogP) is 2.26. The molecule has 0 bridgehead atoms. The Morgan fingerprint density at radius 1 is 1.18 bits per heavy atom. The normalized spacial score (nSPS) is 20.7. The molecule has 7 heteroatoms. The third-order valence-corrected chi connectivity index (χ3v) is 6.16. The molecule has 0 aromatic heterocycles. The van der Waals surface area contributed by atoms with E-state index in [1.165, 1.54) is 7.11 Å². The smallest absolute Gasteiger partial charge is 0.328 e. The number of carbonyl (C=O) groups excluding carboxylic acids is 3. The number of hydrogen-bond acceptors (Lipinski definition) is 5. The lowest BCUT2D eigenvalue weighted by Gasteiger charge is -2.44. The van der Waals surface area contributed by atoms with Crippen molar-refractivity contribution in [2.24, 2.45) is 0 Å². The van der Waals surface area contributed by atoms with Crippen molar-refractivity contribution in [1.82, 2.24) is 14.7 Å². The highest BCUT2D eigenvalue weighted by molar-refractivity contribution is 6.08. The maximum atomic E-state index is 13.3. The number of esters is 1. The van der Waals surface area contributed by atoms with Gasteiger partial charge in [0.05, 0.1) is 7.11 Å². The molecule has 2 aliphatic heterocycles. The van der Waals surface area contributed by atoms with Gasteiger partial charge in [0.15, 0.2) is 0 Å². The van der Waals surface area contributed by atoms with Crippen LogP contribution in [0, 0.1) is 0 Å². The number of rotatable bonds is 6. The maximum Gasteiger partial charge on any atom is 0.328 e. The lowest BCUT2D eigenvalue weighted by molar-refractivity contribution is -0.146. The van der Waals surface area contributed by atoms with Crippen LogP contribution in [0.5, 0.6) is 0 Å². The standard InChI is InChI=1S/C21H29N3O4/c1-4-16(2)22-12-10-21(11-13-22)19(26)23(15-18(25)28-3)20(27)24(21)14-17-8-6-5-7-9-17/h5-9,16H,4,10-15H2,1-3H3/t16-/m1/s1. The molecule has 0 aliphatic carbocycles. The average Bonchev–Trinajstić information content (AvgIpc) is 2.91. The number of carbonyl (C=O) groups is 3. The molecule has 1 atom stereocenters. The van der Waals surface area contributed by atoms with Gasteiger partial charge in [-0.15, -0.1) is 0 Å². The zero-order valence-electron chi connectivity index (χ0n) is 16.9. The Bertz CT molecular complexity index is 728. The van der Waals surface area contributed by atoms with Crippen molar-refractivity contribution >= 4 is 17.9 Å². The van der Waals surface area contributed by atoms with Crippen LogP contribution in [-0.2, 0) is 20.9 Å². The van der Waals surface area contributed by atoms with Crippen molar-refractivity contribution < 1.29 is 19.1 Å². The van der Waals surface area contributed by atoms with Crippen molar-refractivity contribution in [3.05, 3.63) is 35.9 Å².